The largest absolute Gasteiger partial charge is 0.503 e. The average molecular weight is 332 g/mol. The minimum Gasteiger partial charge on any atom is -0.503 e. The van der Waals surface area contributed by atoms with Crippen molar-refractivity contribution in [2.45, 2.75) is 38.7 Å². The molecule has 0 heterocycles. The Hall–Kier alpha value is -2.09. The number of nitrogens with one attached hydrogen (secondary N) is 1. The lowest BCUT2D eigenvalue weighted by atomic mass is 10.1. The molecule has 0 aliphatic heterocycles. The van der Waals surface area contributed by atoms with Crippen LogP contribution in [0, 0.1) is 0 Å². The fraction of sp³-hybridized carbons (Fsp3) is 0.533. The standard InChI is InChI=1S/C15H22F2N2O4/c1-14(2,3)23-13(21)19-10-5-9(7-15(16,17)8-18)6-11(22-4)12(10)20/h5-6,20H,7-8,18H2,1-4H3,(H,19,21). The summed E-state index contributed by atoms with van der Waals surface area (Å²) in [5.74, 6) is -3.52. The summed E-state index contributed by atoms with van der Waals surface area (Å²) in [5, 5.41) is 12.3. The first-order chi connectivity index (χ1) is 10.5. The molecule has 1 aromatic rings. The van der Waals surface area contributed by atoms with Gasteiger partial charge in [-0.15, -0.1) is 0 Å². The fourth-order valence-corrected chi connectivity index (χ4v) is 1.80. The molecule has 0 fully saturated rings. The fourth-order valence-electron chi connectivity index (χ4n) is 1.80. The number of rotatable bonds is 5. The van der Waals surface area contributed by atoms with E-state index in [2.05, 4.69) is 5.32 Å². The summed E-state index contributed by atoms with van der Waals surface area (Å²) >= 11 is 0. The van der Waals surface area contributed by atoms with Gasteiger partial charge in [0, 0.05) is 6.42 Å². The average Bonchev–Trinajstić information content (AvgIpc) is 2.39. The van der Waals surface area contributed by atoms with Gasteiger partial charge in [-0.1, -0.05) is 0 Å². The van der Waals surface area contributed by atoms with Crippen LogP contribution in [0.2, 0.25) is 0 Å². The normalized spacial score (nSPS) is 12.0. The molecule has 1 aromatic carbocycles. The molecule has 1 rings (SSSR count). The summed E-state index contributed by atoms with van der Waals surface area (Å²) in [6, 6.07) is 2.49. The molecular weight excluding hydrogens is 310 g/mol. The van der Waals surface area contributed by atoms with Gasteiger partial charge in [0.25, 0.3) is 5.92 Å². The summed E-state index contributed by atoms with van der Waals surface area (Å²) in [6.45, 7) is 4.20. The first kappa shape index (κ1) is 19.0. The van der Waals surface area contributed by atoms with Gasteiger partial charge in [0.2, 0.25) is 0 Å². The summed E-state index contributed by atoms with van der Waals surface area (Å²) < 4.78 is 36.9. The Morgan fingerprint density at radius 3 is 2.43 bits per heavy atom. The molecule has 0 saturated carbocycles. The number of benzene rings is 1. The lowest BCUT2D eigenvalue weighted by Crippen LogP contribution is -2.30. The van der Waals surface area contributed by atoms with Gasteiger partial charge in [0.05, 0.1) is 19.3 Å². The Balaban J connectivity index is 3.08. The monoisotopic (exact) mass is 332 g/mol. The summed E-state index contributed by atoms with van der Waals surface area (Å²) in [4.78, 5) is 11.8. The van der Waals surface area contributed by atoms with Gasteiger partial charge in [-0.3, -0.25) is 5.32 Å². The van der Waals surface area contributed by atoms with Crippen molar-refractivity contribution in [2.75, 3.05) is 19.0 Å². The number of phenols is 1. The predicted octanol–water partition coefficient (Wildman–Crippen LogP) is 2.88. The van der Waals surface area contributed by atoms with E-state index in [1.54, 1.807) is 20.8 Å². The number of methoxy groups -OCH3 is 1. The van der Waals surface area contributed by atoms with Crippen LogP contribution in [0.25, 0.3) is 0 Å². The molecular formula is C15H22F2N2O4. The van der Waals surface area contributed by atoms with Gasteiger partial charge in [0.1, 0.15) is 5.60 Å². The molecule has 4 N–H and O–H groups in total. The number of carbonyl (C=O) groups excluding carboxylic acids is 1. The van der Waals surface area contributed by atoms with Crippen LogP contribution in [-0.4, -0.2) is 36.4 Å². The van der Waals surface area contributed by atoms with E-state index in [4.69, 9.17) is 15.2 Å². The minimum atomic E-state index is -3.11. The Labute approximate surface area is 133 Å². The molecule has 0 spiro atoms. The zero-order chi connectivity index (χ0) is 17.8. The molecule has 0 unspecified atom stereocenters. The summed E-state index contributed by atoms with van der Waals surface area (Å²) in [7, 11) is 1.27. The van der Waals surface area contributed by atoms with E-state index < -0.39 is 30.6 Å². The van der Waals surface area contributed by atoms with Crippen LogP contribution in [0.3, 0.4) is 0 Å². The van der Waals surface area contributed by atoms with E-state index in [9.17, 15) is 18.7 Å². The second-order valence-electron chi connectivity index (χ2n) is 6.06. The lowest BCUT2D eigenvalue weighted by Gasteiger charge is -2.21. The highest BCUT2D eigenvalue weighted by Gasteiger charge is 2.28. The predicted molar refractivity (Wildman–Crippen MR) is 82.2 cm³/mol. The zero-order valence-electron chi connectivity index (χ0n) is 13.6. The highest BCUT2D eigenvalue weighted by Crippen LogP contribution is 2.37. The molecule has 0 aliphatic carbocycles. The molecule has 6 nitrogen and oxygen atoms in total. The molecule has 0 atom stereocenters. The Morgan fingerprint density at radius 2 is 1.96 bits per heavy atom. The molecule has 8 heteroatoms. The van der Waals surface area contributed by atoms with E-state index in [0.717, 1.165) is 0 Å². The third-order valence-corrected chi connectivity index (χ3v) is 2.75. The zero-order valence-corrected chi connectivity index (χ0v) is 13.6. The third-order valence-electron chi connectivity index (χ3n) is 2.75. The maximum absolute atomic E-state index is 13.5. The van der Waals surface area contributed by atoms with Crippen LogP contribution in [0.15, 0.2) is 12.1 Å². The van der Waals surface area contributed by atoms with Crippen molar-refractivity contribution in [3.05, 3.63) is 17.7 Å². The smallest absolute Gasteiger partial charge is 0.412 e. The van der Waals surface area contributed by atoms with Crippen LogP contribution in [0.1, 0.15) is 26.3 Å². The highest BCUT2D eigenvalue weighted by atomic mass is 19.3. The van der Waals surface area contributed by atoms with Gasteiger partial charge >= 0.3 is 6.09 Å². The van der Waals surface area contributed by atoms with Crippen molar-refractivity contribution in [2.24, 2.45) is 5.73 Å². The highest BCUT2D eigenvalue weighted by molar-refractivity contribution is 5.88. The van der Waals surface area contributed by atoms with Crippen molar-refractivity contribution in [1.29, 1.82) is 0 Å². The Kier molecular flexibility index (Phi) is 5.76. The van der Waals surface area contributed by atoms with E-state index in [1.165, 1.54) is 19.2 Å². The van der Waals surface area contributed by atoms with Crippen LogP contribution in [0.4, 0.5) is 19.3 Å². The topological polar surface area (TPSA) is 93.8 Å². The van der Waals surface area contributed by atoms with E-state index in [-0.39, 0.29) is 22.7 Å². The minimum absolute atomic E-state index is 0.0404. The number of hydrogen-bond acceptors (Lipinski definition) is 5. The number of ether oxygens (including phenoxy) is 2. The first-order valence-electron chi connectivity index (χ1n) is 6.95. The van der Waals surface area contributed by atoms with E-state index >= 15 is 0 Å². The number of alkyl halides is 2. The van der Waals surface area contributed by atoms with Gasteiger partial charge in [0.15, 0.2) is 11.5 Å². The number of carbonyl (C=O) groups is 1. The van der Waals surface area contributed by atoms with Gasteiger partial charge < -0.3 is 20.3 Å². The summed E-state index contributed by atoms with van der Waals surface area (Å²) in [6.07, 6.45) is -1.47. The number of hydrogen-bond donors (Lipinski definition) is 3. The summed E-state index contributed by atoms with van der Waals surface area (Å²) in [5.41, 5.74) is 4.35. The number of aromatic hydroxyl groups is 1. The number of amides is 1. The quantitative estimate of drug-likeness (QED) is 0.721. The number of anilines is 1. The molecule has 0 radical (unpaired) electrons. The number of halogens is 2. The molecule has 0 saturated heterocycles. The number of nitrogens with two attached hydrogens (primary N) is 1. The lowest BCUT2D eigenvalue weighted by molar-refractivity contribution is 0.0114. The van der Waals surface area contributed by atoms with Gasteiger partial charge in [-0.2, -0.15) is 0 Å². The SMILES string of the molecule is COc1cc(CC(F)(F)CN)cc(NC(=O)OC(C)(C)C)c1O. The van der Waals surface area contributed by atoms with Crippen molar-refractivity contribution in [3.8, 4) is 11.5 Å². The van der Waals surface area contributed by atoms with Crippen LogP contribution < -0.4 is 15.8 Å². The first-order valence-corrected chi connectivity index (χ1v) is 6.95. The number of phenolic OH excluding ortho intramolecular Hbond substituents is 1. The van der Waals surface area contributed by atoms with Crippen LogP contribution >= 0.6 is 0 Å². The van der Waals surface area contributed by atoms with E-state index in [0.29, 0.717) is 0 Å². The molecule has 0 aromatic heterocycles. The second kappa shape index (κ2) is 6.99. The third kappa shape index (κ3) is 5.90. The molecule has 0 bridgehead atoms. The second-order valence-corrected chi connectivity index (χ2v) is 6.06. The Bertz CT molecular complexity index is 571. The van der Waals surface area contributed by atoms with Crippen LogP contribution in [-0.2, 0) is 11.2 Å². The van der Waals surface area contributed by atoms with Crippen molar-refractivity contribution < 1.29 is 28.2 Å². The van der Waals surface area contributed by atoms with Crippen molar-refractivity contribution in [3.63, 3.8) is 0 Å². The van der Waals surface area contributed by atoms with Gasteiger partial charge in [-0.05, 0) is 38.5 Å². The van der Waals surface area contributed by atoms with Crippen molar-refractivity contribution >= 4 is 11.8 Å². The molecule has 1 amide bonds. The molecule has 130 valence electrons. The van der Waals surface area contributed by atoms with Crippen molar-refractivity contribution in [1.82, 2.24) is 0 Å². The maximum Gasteiger partial charge on any atom is 0.412 e. The maximum atomic E-state index is 13.5. The van der Waals surface area contributed by atoms with Gasteiger partial charge in [-0.25, -0.2) is 13.6 Å². The van der Waals surface area contributed by atoms with E-state index in [1.807, 2.05) is 0 Å². The Morgan fingerprint density at radius 1 is 1.35 bits per heavy atom. The van der Waals surface area contributed by atoms with Crippen LogP contribution in [0.5, 0.6) is 11.5 Å². The molecule has 0 aliphatic rings. The molecule has 23 heavy (non-hydrogen) atoms.